The number of hydrogen-bond acceptors (Lipinski definition) is 3. The van der Waals surface area contributed by atoms with Gasteiger partial charge in [-0.05, 0) is 20.0 Å². The van der Waals surface area contributed by atoms with Gasteiger partial charge in [0.05, 0.1) is 0 Å². The van der Waals surface area contributed by atoms with Crippen LogP contribution >= 0.6 is 20.8 Å². The van der Waals surface area contributed by atoms with Crippen molar-refractivity contribution >= 4 is 50.3 Å². The maximum atomic E-state index is 10.9. The predicted molar refractivity (Wildman–Crippen MR) is 189 cm³/mol. The molecule has 3 nitrogen and oxygen atoms in total. The summed E-state index contributed by atoms with van der Waals surface area (Å²) in [6.45, 7) is 8.23. The van der Waals surface area contributed by atoms with Gasteiger partial charge >= 0.3 is 232 Å². The molecule has 0 bridgehead atoms. The maximum absolute atomic E-state index is 10.9. The van der Waals surface area contributed by atoms with Gasteiger partial charge in [-0.1, -0.05) is 0 Å². The van der Waals surface area contributed by atoms with Crippen LogP contribution in [-0.4, -0.2) is 26.6 Å². The molecule has 0 atom stereocenters. The first-order valence-corrected chi connectivity index (χ1v) is 22.7. The van der Waals surface area contributed by atoms with E-state index in [-0.39, 0.29) is 5.75 Å². The van der Waals surface area contributed by atoms with E-state index in [1.54, 1.807) is 6.07 Å². The second kappa shape index (κ2) is 14.8. The molecule has 224 valence electrons. The van der Waals surface area contributed by atoms with Crippen molar-refractivity contribution in [1.82, 2.24) is 0 Å². The van der Waals surface area contributed by atoms with E-state index in [0.717, 1.165) is 46.4 Å². The summed E-state index contributed by atoms with van der Waals surface area (Å²) in [6, 6.07) is 38.7. The molecule has 0 aliphatic carbocycles. The quantitative estimate of drug-likeness (QED) is 0.0739. The van der Waals surface area contributed by atoms with Crippen molar-refractivity contribution in [3.8, 4) is 11.5 Å². The van der Waals surface area contributed by atoms with E-state index < -0.39 is 13.6 Å². The van der Waals surface area contributed by atoms with Gasteiger partial charge in [-0.3, -0.25) is 0 Å². The number of unbranched alkanes of at least 4 members (excludes halogenated alkanes) is 5. The molecular weight excluding hydrogens is 619 g/mol. The second-order valence-electron chi connectivity index (χ2n) is 11.6. The van der Waals surface area contributed by atoms with Crippen molar-refractivity contribution in [3.63, 3.8) is 0 Å². The topological polar surface area (TPSA) is 38.7 Å². The molecule has 0 saturated carbocycles. The third-order valence-corrected chi connectivity index (χ3v) is 20.6. The third-order valence-electron chi connectivity index (χ3n) is 8.08. The van der Waals surface area contributed by atoms with Gasteiger partial charge in [-0.15, -0.1) is 0 Å². The molecule has 4 rings (SSSR count). The summed E-state index contributed by atoms with van der Waals surface area (Å²) >= 11 is 4.53. The van der Waals surface area contributed by atoms with Crippen LogP contribution in [0.25, 0.3) is 0 Å². The van der Waals surface area contributed by atoms with Crippen molar-refractivity contribution in [2.75, 3.05) is 13.2 Å². The first kappa shape index (κ1) is 32.5. The summed E-state index contributed by atoms with van der Waals surface area (Å²) < 4.78 is 12.6. The van der Waals surface area contributed by atoms with Crippen LogP contribution in [0.15, 0.2) is 109 Å². The van der Waals surface area contributed by atoms with Gasteiger partial charge in [0, 0.05) is 6.61 Å². The summed E-state index contributed by atoms with van der Waals surface area (Å²) in [5.74, 6) is 1.03. The molecule has 1 N–H and O–H groups in total. The molecule has 4 aromatic carbocycles. The van der Waals surface area contributed by atoms with Crippen LogP contribution in [0.5, 0.6) is 11.5 Å². The predicted octanol–water partition coefficient (Wildman–Crippen LogP) is 8.82. The fourth-order valence-corrected chi connectivity index (χ4v) is 15.8. The summed E-state index contributed by atoms with van der Waals surface area (Å²) in [7, 11) is -1.47. The minimum absolute atomic E-state index is 0.226. The van der Waals surface area contributed by atoms with Crippen LogP contribution in [0.3, 0.4) is 0 Å². The van der Waals surface area contributed by atoms with E-state index in [4.69, 9.17) is 9.16 Å². The Balaban J connectivity index is 1.59. The number of phenols is 1. The summed E-state index contributed by atoms with van der Waals surface area (Å²) in [5.41, 5.74) is 0. The normalized spacial score (nSPS) is 12.9. The zero-order chi connectivity index (χ0) is 29.9. The Morgan fingerprint density at radius 1 is 0.667 bits per heavy atom. The van der Waals surface area contributed by atoms with E-state index in [9.17, 15) is 5.11 Å². The van der Waals surface area contributed by atoms with Crippen LogP contribution in [0.4, 0.5) is 0 Å². The molecule has 0 heterocycles. The van der Waals surface area contributed by atoms with Gasteiger partial charge in [0.15, 0.2) is 0 Å². The Bertz CT molecular complexity index is 1280. The molecule has 0 unspecified atom stereocenters. The number of benzene rings is 4. The first-order valence-electron chi connectivity index (χ1n) is 15.3. The number of aromatic hydroxyl groups is 1. The summed E-state index contributed by atoms with van der Waals surface area (Å²) in [4.78, 5) is 0. The molecule has 0 fully saturated rings. The van der Waals surface area contributed by atoms with Crippen molar-refractivity contribution in [2.24, 2.45) is 0 Å². The molecule has 42 heavy (non-hydrogen) atoms. The molecule has 0 saturated heterocycles. The van der Waals surface area contributed by atoms with Crippen LogP contribution in [0.2, 0.25) is 19.1 Å². The van der Waals surface area contributed by atoms with Gasteiger partial charge in [-0.25, -0.2) is 0 Å². The monoisotopic (exact) mass is 664 g/mol. The molecule has 0 aliphatic rings. The van der Waals surface area contributed by atoms with Gasteiger partial charge in [0.25, 0.3) is 0 Å². The second-order valence-corrected chi connectivity index (χ2v) is 24.2. The van der Waals surface area contributed by atoms with Crippen LogP contribution in [0.1, 0.15) is 45.4 Å². The van der Waals surface area contributed by atoms with E-state index >= 15 is 0 Å². The standard InChI is InChI=1S/C36H46BrO3PSi/c1-4-40-42(2,3)29-19-8-6-5-7-18-28-39-35-27-26-31(38)30-36(35)41(37,32-20-12-9-13-21-32,33-22-14-10-15-23-33)34-24-16-11-17-25-34/h9-17,20-27,30,38H,4-8,18-19,28-29H2,1-3H3. The van der Waals surface area contributed by atoms with E-state index in [1.807, 2.05) is 12.1 Å². The number of ether oxygens (including phenoxy) is 1. The van der Waals surface area contributed by atoms with Crippen molar-refractivity contribution in [1.29, 1.82) is 0 Å². The van der Waals surface area contributed by atoms with Crippen LogP contribution < -0.4 is 26.0 Å². The number of rotatable bonds is 16. The average molecular weight is 666 g/mol. The summed E-state index contributed by atoms with van der Waals surface area (Å²) in [5, 5.41) is 11.8. The Morgan fingerprint density at radius 3 is 1.64 bits per heavy atom. The molecule has 6 heteroatoms. The Kier molecular flexibility index (Phi) is 11.5. The molecule has 4 aromatic rings. The Labute approximate surface area is 262 Å². The van der Waals surface area contributed by atoms with Crippen molar-refractivity contribution < 1.29 is 14.3 Å². The summed E-state index contributed by atoms with van der Waals surface area (Å²) in [6.07, 6.45) is 7.17. The molecule has 0 amide bonds. The first-order chi connectivity index (χ1) is 20.3. The van der Waals surface area contributed by atoms with Gasteiger partial charge in [0.2, 0.25) is 0 Å². The zero-order valence-corrected chi connectivity index (χ0v) is 28.8. The molecule has 0 aliphatic heterocycles. The fraction of sp³-hybridized carbons (Fsp3) is 0.333. The van der Waals surface area contributed by atoms with Crippen LogP contribution in [0, 0.1) is 0 Å². The molecular formula is C36H46BrO3PSi. The van der Waals surface area contributed by atoms with Gasteiger partial charge in [0.1, 0.15) is 0 Å². The SMILES string of the molecule is CCO[Si](C)(C)CCCCCCCCOc1ccc(O)cc1P(Br)(c1ccccc1)(c1ccccc1)c1ccccc1. The van der Waals surface area contributed by atoms with Crippen molar-refractivity contribution in [3.05, 3.63) is 109 Å². The number of hydrogen-bond donors (Lipinski definition) is 1. The number of halogens is 1. The average Bonchev–Trinajstić information content (AvgIpc) is 3.01. The van der Waals surface area contributed by atoms with Crippen molar-refractivity contribution in [2.45, 2.75) is 64.6 Å². The van der Waals surface area contributed by atoms with Gasteiger partial charge in [-0.2, -0.15) is 0 Å². The Hall–Kier alpha value is -2.43. The van der Waals surface area contributed by atoms with Gasteiger partial charge < -0.3 is 4.43 Å². The third kappa shape index (κ3) is 7.19. The van der Waals surface area contributed by atoms with Crippen LogP contribution in [-0.2, 0) is 4.43 Å². The molecule has 0 radical (unpaired) electrons. The molecule has 0 spiro atoms. The van der Waals surface area contributed by atoms with E-state index in [2.05, 4.69) is 127 Å². The zero-order valence-electron chi connectivity index (χ0n) is 25.3. The minimum atomic E-state index is -3.50. The van der Waals surface area contributed by atoms with E-state index in [0.29, 0.717) is 6.61 Å². The fourth-order valence-electron chi connectivity index (χ4n) is 5.95. The molecule has 0 aromatic heterocycles. The number of phenolic OH excluding ortho intramolecular Hbond substituents is 1. The van der Waals surface area contributed by atoms with E-state index in [1.165, 1.54) is 31.7 Å². The Morgan fingerprint density at radius 2 is 1.14 bits per heavy atom.